The second-order valence-corrected chi connectivity index (χ2v) is 8.34. The molecule has 0 fully saturated rings. The molecule has 0 spiro atoms. The topological polar surface area (TPSA) is 3.24 Å². The summed E-state index contributed by atoms with van der Waals surface area (Å²) >= 11 is 5.45. The van der Waals surface area contributed by atoms with Gasteiger partial charge in [-0.15, -0.1) is 23.7 Å². The molecule has 3 aromatic carbocycles. The number of rotatable bonds is 6. The van der Waals surface area contributed by atoms with Crippen molar-refractivity contribution in [1.29, 1.82) is 0 Å². The quantitative estimate of drug-likeness (QED) is 0.293. The van der Waals surface area contributed by atoms with E-state index < -0.39 is 0 Å². The minimum Gasteiger partial charge on any atom is -0.291 e. The molecule has 4 aromatic rings. The lowest BCUT2D eigenvalue weighted by Gasteiger charge is -2.22. The van der Waals surface area contributed by atoms with Gasteiger partial charge in [0, 0.05) is 28.8 Å². The number of thiophene rings is 1. The van der Waals surface area contributed by atoms with Gasteiger partial charge in [-0.1, -0.05) is 76.6 Å². The van der Waals surface area contributed by atoms with E-state index in [2.05, 4.69) is 105 Å². The molecule has 0 atom stereocenters. The lowest BCUT2D eigenvalue weighted by Crippen LogP contribution is -2.22. The molecule has 1 nitrogen and oxygen atoms in total. The van der Waals surface area contributed by atoms with E-state index >= 15 is 0 Å². The fourth-order valence-electron chi connectivity index (χ4n) is 3.27. The van der Waals surface area contributed by atoms with Crippen molar-refractivity contribution in [3.05, 3.63) is 105 Å². The van der Waals surface area contributed by atoms with Gasteiger partial charge in [-0.2, -0.15) is 0 Å². The van der Waals surface area contributed by atoms with Gasteiger partial charge in [-0.3, -0.25) is 4.90 Å². The Labute approximate surface area is 179 Å². The maximum absolute atomic E-state index is 3.62. The summed E-state index contributed by atoms with van der Waals surface area (Å²) in [6.07, 6.45) is 0. The molecule has 0 amide bonds. The summed E-state index contributed by atoms with van der Waals surface area (Å²) in [6.45, 7) is 2.84. The molecule has 0 saturated heterocycles. The minimum atomic E-state index is 0. The summed E-state index contributed by atoms with van der Waals surface area (Å²) < 4.78 is 2.49. The Morgan fingerprint density at radius 2 is 1.33 bits per heavy atom. The smallest absolute Gasteiger partial charge is 0.0346 e. The van der Waals surface area contributed by atoms with Crippen LogP contribution in [-0.2, 0) is 19.6 Å². The first kappa shape index (κ1) is 20.1. The first-order valence-corrected chi connectivity index (χ1v) is 10.4. The fraction of sp³-hybridized carbons (Fsp3) is 0.130. The van der Waals surface area contributed by atoms with E-state index in [0.29, 0.717) is 0 Å². The molecule has 4 rings (SSSR count). The molecule has 138 valence electrons. The van der Waals surface area contributed by atoms with Crippen LogP contribution in [0.5, 0.6) is 0 Å². The molecule has 0 aliphatic heterocycles. The van der Waals surface area contributed by atoms with Gasteiger partial charge in [0.2, 0.25) is 0 Å². The number of nitrogens with zero attached hydrogens (tertiary/aromatic N) is 1. The highest BCUT2D eigenvalue weighted by molar-refractivity contribution is 9.10. The summed E-state index contributed by atoms with van der Waals surface area (Å²) in [7, 11) is 0. The van der Waals surface area contributed by atoms with E-state index in [4.69, 9.17) is 0 Å². The average Bonchev–Trinajstić information content (AvgIpc) is 3.05. The summed E-state index contributed by atoms with van der Waals surface area (Å²) in [5.74, 6) is 0. The molecule has 0 bridgehead atoms. The highest BCUT2D eigenvalue weighted by atomic mass is 79.9. The molecule has 4 heteroatoms. The molecule has 0 N–H and O–H groups in total. The van der Waals surface area contributed by atoms with Crippen LogP contribution in [0.15, 0.2) is 88.7 Å². The van der Waals surface area contributed by atoms with E-state index in [9.17, 15) is 0 Å². The maximum Gasteiger partial charge on any atom is 0.0346 e. The van der Waals surface area contributed by atoms with Crippen LogP contribution >= 0.6 is 39.7 Å². The van der Waals surface area contributed by atoms with Crippen LogP contribution < -0.4 is 0 Å². The van der Waals surface area contributed by atoms with Crippen LogP contribution in [0, 0.1) is 0 Å². The lowest BCUT2D eigenvalue weighted by atomic mass is 10.1. The molecule has 27 heavy (non-hydrogen) atoms. The monoisotopic (exact) mass is 457 g/mol. The minimum absolute atomic E-state index is 0. The van der Waals surface area contributed by atoms with Crippen molar-refractivity contribution in [2.24, 2.45) is 0 Å². The van der Waals surface area contributed by atoms with Gasteiger partial charge >= 0.3 is 0 Å². The molecule has 0 unspecified atom stereocenters. The average molecular weight is 459 g/mol. The van der Waals surface area contributed by atoms with Crippen molar-refractivity contribution < 1.29 is 0 Å². The maximum atomic E-state index is 3.62. The van der Waals surface area contributed by atoms with Gasteiger partial charge in [0.1, 0.15) is 0 Å². The third-order valence-corrected chi connectivity index (χ3v) is 6.01. The predicted molar refractivity (Wildman–Crippen MR) is 123 cm³/mol. The summed E-state index contributed by atoms with van der Waals surface area (Å²) in [5, 5.41) is 3.66. The first-order valence-electron chi connectivity index (χ1n) is 8.74. The zero-order valence-electron chi connectivity index (χ0n) is 14.8. The van der Waals surface area contributed by atoms with Crippen LogP contribution in [0.4, 0.5) is 0 Å². The van der Waals surface area contributed by atoms with Crippen molar-refractivity contribution in [2.45, 2.75) is 19.6 Å². The Balaban J connectivity index is 0.00000210. The number of benzene rings is 3. The van der Waals surface area contributed by atoms with Crippen LogP contribution in [-0.4, -0.2) is 4.90 Å². The van der Waals surface area contributed by atoms with Gasteiger partial charge in [-0.05, 0) is 45.7 Å². The Morgan fingerprint density at radius 3 is 1.93 bits per heavy atom. The van der Waals surface area contributed by atoms with Crippen molar-refractivity contribution >= 4 is 49.8 Å². The van der Waals surface area contributed by atoms with Gasteiger partial charge in [0.15, 0.2) is 0 Å². The Bertz CT molecular complexity index is 944. The third-order valence-electron chi connectivity index (χ3n) is 4.51. The number of fused-ring (bicyclic) bond motifs is 1. The Hall–Kier alpha value is -1.65. The zero-order valence-corrected chi connectivity index (χ0v) is 18.1. The molecular weight excluding hydrogens is 438 g/mol. The highest BCUT2D eigenvalue weighted by Crippen LogP contribution is 2.30. The largest absolute Gasteiger partial charge is 0.291 e. The van der Waals surface area contributed by atoms with E-state index in [1.807, 2.05) is 11.3 Å². The van der Waals surface area contributed by atoms with Crippen LogP contribution in [0.2, 0.25) is 0 Å². The van der Waals surface area contributed by atoms with Crippen LogP contribution in [0.25, 0.3) is 10.1 Å². The number of hydrogen-bond donors (Lipinski definition) is 0. The first-order chi connectivity index (χ1) is 12.8. The van der Waals surface area contributed by atoms with Crippen molar-refractivity contribution in [3.63, 3.8) is 0 Å². The number of halogens is 2. The van der Waals surface area contributed by atoms with Crippen LogP contribution in [0.1, 0.15) is 16.7 Å². The van der Waals surface area contributed by atoms with Crippen molar-refractivity contribution in [3.8, 4) is 0 Å². The Kier molecular flexibility index (Phi) is 7.08. The summed E-state index contributed by atoms with van der Waals surface area (Å²) in [6, 6.07) is 28.0. The van der Waals surface area contributed by atoms with E-state index in [1.54, 1.807) is 0 Å². The molecule has 0 aliphatic carbocycles. The van der Waals surface area contributed by atoms with Gasteiger partial charge in [0.25, 0.3) is 0 Å². The van der Waals surface area contributed by atoms with E-state index in [-0.39, 0.29) is 12.4 Å². The summed E-state index contributed by atoms with van der Waals surface area (Å²) in [5.41, 5.74) is 4.10. The molecule has 1 heterocycles. The zero-order chi connectivity index (χ0) is 17.8. The lowest BCUT2D eigenvalue weighted by molar-refractivity contribution is 0.249. The van der Waals surface area contributed by atoms with Crippen molar-refractivity contribution in [2.75, 3.05) is 0 Å². The second-order valence-electron chi connectivity index (χ2n) is 6.52. The van der Waals surface area contributed by atoms with Crippen LogP contribution in [0.3, 0.4) is 0 Å². The predicted octanol–water partition coefficient (Wildman–Crippen LogP) is 7.29. The molecule has 0 radical (unpaired) electrons. The molecule has 0 aliphatic rings. The molecule has 0 saturated carbocycles. The van der Waals surface area contributed by atoms with E-state index in [0.717, 1.165) is 24.1 Å². The SMILES string of the molecule is Brc1ccc2scc(CN(Cc3ccccc3)Cc3ccccc3)c2c1.Cl. The van der Waals surface area contributed by atoms with Gasteiger partial charge in [-0.25, -0.2) is 0 Å². The standard InChI is InChI=1S/C23H20BrNS.ClH/c24-21-11-12-23-22(13-21)20(17-26-23)16-25(14-18-7-3-1-4-8-18)15-19-9-5-2-6-10-19;/h1-13,17H,14-16H2;1H. The van der Waals surface area contributed by atoms with Gasteiger partial charge < -0.3 is 0 Å². The summed E-state index contributed by atoms with van der Waals surface area (Å²) in [4.78, 5) is 2.52. The molecular formula is C23H21BrClNS. The highest BCUT2D eigenvalue weighted by Gasteiger charge is 2.12. The fourth-order valence-corrected chi connectivity index (χ4v) is 4.56. The van der Waals surface area contributed by atoms with E-state index in [1.165, 1.54) is 26.8 Å². The normalized spacial score (nSPS) is 10.9. The second kappa shape index (κ2) is 9.52. The number of hydrogen-bond acceptors (Lipinski definition) is 2. The van der Waals surface area contributed by atoms with Gasteiger partial charge in [0.05, 0.1) is 0 Å². The Morgan fingerprint density at radius 1 is 0.741 bits per heavy atom. The third kappa shape index (κ3) is 5.20. The molecule has 1 aromatic heterocycles. The van der Waals surface area contributed by atoms with Crippen molar-refractivity contribution in [1.82, 2.24) is 4.90 Å².